The van der Waals surface area contributed by atoms with Gasteiger partial charge in [-0.25, -0.2) is 4.98 Å². The zero-order valence-corrected chi connectivity index (χ0v) is 9.83. The summed E-state index contributed by atoms with van der Waals surface area (Å²) in [6.07, 6.45) is 2.69. The molecule has 0 spiro atoms. The summed E-state index contributed by atoms with van der Waals surface area (Å²) >= 11 is 1.56. The molecule has 0 aliphatic rings. The second-order valence-corrected chi connectivity index (χ2v) is 4.46. The molecule has 0 radical (unpaired) electrons. The van der Waals surface area contributed by atoms with Gasteiger partial charge in [-0.2, -0.15) is 0 Å². The number of hydrogen-bond donors (Lipinski definition) is 1. The molecule has 1 rings (SSSR count). The lowest BCUT2D eigenvalue weighted by Crippen LogP contribution is -2.36. The molecule has 1 aromatic heterocycles. The minimum absolute atomic E-state index is 0.0780. The number of nitrogens with zero attached hydrogens (tertiary/aromatic N) is 2. The van der Waals surface area contributed by atoms with Gasteiger partial charge in [0.05, 0.1) is 13.1 Å². The number of thiazole rings is 1. The van der Waals surface area contributed by atoms with Gasteiger partial charge in [0.25, 0.3) is 0 Å². The fourth-order valence-corrected chi connectivity index (χ4v) is 1.95. The number of carbonyl (C=O) groups is 1. The van der Waals surface area contributed by atoms with Crippen molar-refractivity contribution in [3.05, 3.63) is 16.6 Å². The molecule has 15 heavy (non-hydrogen) atoms. The summed E-state index contributed by atoms with van der Waals surface area (Å²) in [4.78, 5) is 16.8. The lowest BCUT2D eigenvalue weighted by Gasteiger charge is -2.25. The van der Waals surface area contributed by atoms with E-state index in [1.165, 1.54) is 0 Å². The molecular formula is C10H16N2O2S. The van der Waals surface area contributed by atoms with Crippen molar-refractivity contribution >= 4 is 17.3 Å². The van der Waals surface area contributed by atoms with Gasteiger partial charge in [-0.1, -0.05) is 6.92 Å². The molecule has 1 aromatic rings. The summed E-state index contributed by atoms with van der Waals surface area (Å²) in [5.41, 5.74) is 0. The highest BCUT2D eigenvalue weighted by Gasteiger charge is 2.16. The van der Waals surface area contributed by atoms with E-state index in [2.05, 4.69) is 11.9 Å². The predicted molar refractivity (Wildman–Crippen MR) is 59.9 cm³/mol. The Bertz CT molecular complexity index is 300. The topological polar surface area (TPSA) is 53.4 Å². The van der Waals surface area contributed by atoms with Gasteiger partial charge >= 0.3 is 5.97 Å². The van der Waals surface area contributed by atoms with Crippen LogP contribution in [0.4, 0.5) is 0 Å². The predicted octanol–water partition coefficient (Wildman–Crippen LogP) is 1.83. The van der Waals surface area contributed by atoms with Crippen molar-refractivity contribution < 1.29 is 9.90 Å². The SMILES string of the molecule is CCC(C)N(CC(=O)O)Cc1nccs1. The fraction of sp³-hybridized carbons (Fsp3) is 0.600. The first-order valence-electron chi connectivity index (χ1n) is 4.97. The quantitative estimate of drug-likeness (QED) is 0.807. The Hall–Kier alpha value is -0.940. The average Bonchev–Trinajstić information content (AvgIpc) is 2.67. The lowest BCUT2D eigenvalue weighted by atomic mass is 10.2. The molecule has 4 nitrogen and oxygen atoms in total. The summed E-state index contributed by atoms with van der Waals surface area (Å²) in [7, 11) is 0. The average molecular weight is 228 g/mol. The van der Waals surface area contributed by atoms with Crippen molar-refractivity contribution in [1.82, 2.24) is 9.88 Å². The van der Waals surface area contributed by atoms with Gasteiger partial charge < -0.3 is 5.11 Å². The van der Waals surface area contributed by atoms with Crippen molar-refractivity contribution in [3.63, 3.8) is 0 Å². The van der Waals surface area contributed by atoms with Gasteiger partial charge in [-0.05, 0) is 13.3 Å². The van der Waals surface area contributed by atoms with E-state index in [0.717, 1.165) is 11.4 Å². The Labute approximate surface area is 93.6 Å². The molecule has 84 valence electrons. The highest BCUT2D eigenvalue weighted by Crippen LogP contribution is 2.12. The highest BCUT2D eigenvalue weighted by atomic mass is 32.1. The summed E-state index contributed by atoms with van der Waals surface area (Å²) in [6.45, 7) is 4.80. The summed E-state index contributed by atoms with van der Waals surface area (Å²) < 4.78 is 0. The van der Waals surface area contributed by atoms with E-state index in [0.29, 0.717) is 6.54 Å². The fourth-order valence-electron chi connectivity index (χ4n) is 1.30. The number of aromatic nitrogens is 1. The van der Waals surface area contributed by atoms with Crippen LogP contribution in [0.15, 0.2) is 11.6 Å². The third-order valence-corrected chi connectivity index (χ3v) is 3.14. The Morgan fingerprint density at radius 3 is 2.93 bits per heavy atom. The van der Waals surface area contributed by atoms with Gasteiger partial charge in [-0.3, -0.25) is 9.69 Å². The molecule has 0 saturated carbocycles. The van der Waals surface area contributed by atoms with E-state index in [-0.39, 0.29) is 12.6 Å². The normalized spacial score (nSPS) is 13.0. The standard InChI is InChI=1S/C10H16N2O2S/c1-3-8(2)12(7-10(13)14)6-9-11-4-5-15-9/h4-5,8H,3,6-7H2,1-2H3,(H,13,14). The van der Waals surface area contributed by atoms with E-state index in [1.807, 2.05) is 17.2 Å². The van der Waals surface area contributed by atoms with Crippen LogP contribution >= 0.6 is 11.3 Å². The van der Waals surface area contributed by atoms with Gasteiger partial charge in [0, 0.05) is 17.6 Å². The molecule has 1 N–H and O–H groups in total. The molecule has 0 aliphatic heterocycles. The number of carboxylic acids is 1. The van der Waals surface area contributed by atoms with Crippen LogP contribution in [0, 0.1) is 0 Å². The van der Waals surface area contributed by atoms with E-state index in [4.69, 9.17) is 5.11 Å². The zero-order chi connectivity index (χ0) is 11.3. The van der Waals surface area contributed by atoms with Crippen LogP contribution in [-0.2, 0) is 11.3 Å². The molecule has 0 amide bonds. The molecule has 1 atom stereocenters. The van der Waals surface area contributed by atoms with Crippen LogP contribution < -0.4 is 0 Å². The molecule has 0 aliphatic carbocycles. The van der Waals surface area contributed by atoms with Crippen LogP contribution in [-0.4, -0.2) is 33.5 Å². The first kappa shape index (κ1) is 12.1. The minimum Gasteiger partial charge on any atom is -0.480 e. The van der Waals surface area contributed by atoms with Gasteiger partial charge in [0.15, 0.2) is 0 Å². The Kier molecular flexibility index (Phi) is 4.71. The maximum atomic E-state index is 10.7. The minimum atomic E-state index is -0.785. The molecule has 1 heterocycles. The third-order valence-electron chi connectivity index (χ3n) is 2.37. The first-order valence-corrected chi connectivity index (χ1v) is 5.85. The Balaban J connectivity index is 2.60. The van der Waals surface area contributed by atoms with E-state index in [9.17, 15) is 4.79 Å². The second-order valence-electron chi connectivity index (χ2n) is 3.48. The van der Waals surface area contributed by atoms with E-state index >= 15 is 0 Å². The molecule has 0 bridgehead atoms. The van der Waals surface area contributed by atoms with Crippen LogP contribution in [0.2, 0.25) is 0 Å². The molecule has 0 fully saturated rings. The summed E-state index contributed by atoms with van der Waals surface area (Å²) in [5.74, 6) is -0.785. The van der Waals surface area contributed by atoms with Crippen molar-refractivity contribution in [1.29, 1.82) is 0 Å². The number of hydrogen-bond acceptors (Lipinski definition) is 4. The Morgan fingerprint density at radius 2 is 2.47 bits per heavy atom. The maximum absolute atomic E-state index is 10.7. The smallest absolute Gasteiger partial charge is 0.317 e. The van der Waals surface area contributed by atoms with Crippen molar-refractivity contribution in [2.45, 2.75) is 32.9 Å². The zero-order valence-electron chi connectivity index (χ0n) is 9.01. The van der Waals surface area contributed by atoms with E-state index in [1.54, 1.807) is 17.5 Å². The van der Waals surface area contributed by atoms with Crippen molar-refractivity contribution in [2.75, 3.05) is 6.54 Å². The Morgan fingerprint density at radius 1 is 1.73 bits per heavy atom. The summed E-state index contributed by atoms with van der Waals surface area (Å²) in [6, 6.07) is 0.269. The molecule has 0 aromatic carbocycles. The van der Waals surface area contributed by atoms with Crippen molar-refractivity contribution in [3.8, 4) is 0 Å². The van der Waals surface area contributed by atoms with Gasteiger partial charge in [-0.15, -0.1) is 11.3 Å². The highest BCUT2D eigenvalue weighted by molar-refractivity contribution is 7.09. The lowest BCUT2D eigenvalue weighted by molar-refractivity contribution is -0.139. The monoisotopic (exact) mass is 228 g/mol. The van der Waals surface area contributed by atoms with Crippen LogP contribution in [0.3, 0.4) is 0 Å². The molecular weight excluding hydrogens is 212 g/mol. The van der Waals surface area contributed by atoms with Crippen LogP contribution in [0.5, 0.6) is 0 Å². The largest absolute Gasteiger partial charge is 0.480 e. The number of carboxylic acid groups (broad SMARTS) is 1. The number of aliphatic carboxylic acids is 1. The van der Waals surface area contributed by atoms with Gasteiger partial charge in [0.1, 0.15) is 5.01 Å². The first-order chi connectivity index (χ1) is 7.13. The third kappa shape index (κ3) is 3.97. The van der Waals surface area contributed by atoms with Gasteiger partial charge in [0.2, 0.25) is 0 Å². The van der Waals surface area contributed by atoms with Crippen molar-refractivity contribution in [2.24, 2.45) is 0 Å². The van der Waals surface area contributed by atoms with Crippen LogP contribution in [0.25, 0.3) is 0 Å². The second kappa shape index (κ2) is 5.82. The molecule has 1 unspecified atom stereocenters. The summed E-state index contributed by atoms with van der Waals surface area (Å²) in [5, 5.41) is 11.7. The van der Waals surface area contributed by atoms with E-state index < -0.39 is 5.97 Å². The molecule has 5 heteroatoms. The maximum Gasteiger partial charge on any atom is 0.317 e. The molecule has 0 saturated heterocycles. The number of rotatable bonds is 6. The van der Waals surface area contributed by atoms with Crippen LogP contribution in [0.1, 0.15) is 25.3 Å².